The van der Waals surface area contributed by atoms with E-state index < -0.39 is 0 Å². The minimum absolute atomic E-state index is 0.0550. The SMILES string of the molecule is C=C(C)[C@@H]1CC[C@]2(C)CC[C@]3(C)[C@H](CCC4[C@@]5(C)CCC(OC(C)=O)C(C)(C)[C@@H]5CC[C@]43C)[C@@H]12. The number of carbonyl (C=O) groups excluding carboxylic acids is 1. The highest BCUT2D eigenvalue weighted by molar-refractivity contribution is 5.66. The van der Waals surface area contributed by atoms with Crippen LogP contribution in [0, 0.1) is 56.7 Å². The Bertz CT molecular complexity index is 872. The molecule has 0 bridgehead atoms. The van der Waals surface area contributed by atoms with E-state index >= 15 is 0 Å². The molecule has 2 unspecified atom stereocenters. The molecule has 192 valence electrons. The van der Waals surface area contributed by atoms with Crippen LogP contribution in [0.3, 0.4) is 0 Å². The Kier molecular flexibility index (Phi) is 5.57. The lowest BCUT2D eigenvalue weighted by atomic mass is 9.32. The van der Waals surface area contributed by atoms with Gasteiger partial charge in [0.15, 0.2) is 0 Å². The molecule has 5 aliphatic carbocycles. The van der Waals surface area contributed by atoms with E-state index in [0.29, 0.717) is 27.6 Å². The van der Waals surface area contributed by atoms with E-state index in [-0.39, 0.29) is 17.5 Å². The van der Waals surface area contributed by atoms with E-state index in [2.05, 4.69) is 55.0 Å². The zero-order chi connectivity index (χ0) is 24.9. The van der Waals surface area contributed by atoms with E-state index in [4.69, 9.17) is 4.74 Å². The van der Waals surface area contributed by atoms with Gasteiger partial charge < -0.3 is 4.74 Å². The number of esters is 1. The molecule has 34 heavy (non-hydrogen) atoms. The van der Waals surface area contributed by atoms with Crippen molar-refractivity contribution in [3.8, 4) is 0 Å². The van der Waals surface area contributed by atoms with Crippen molar-refractivity contribution < 1.29 is 9.53 Å². The first-order valence-corrected chi connectivity index (χ1v) is 14.5. The minimum atomic E-state index is -0.107. The topological polar surface area (TPSA) is 26.3 Å². The maximum absolute atomic E-state index is 11.9. The van der Waals surface area contributed by atoms with Gasteiger partial charge in [-0.3, -0.25) is 4.79 Å². The third-order valence-corrected chi connectivity index (χ3v) is 13.7. The number of carbonyl (C=O) groups is 1. The van der Waals surface area contributed by atoms with Crippen molar-refractivity contribution in [2.45, 2.75) is 126 Å². The van der Waals surface area contributed by atoms with E-state index in [1.54, 1.807) is 6.92 Å². The Morgan fingerprint density at radius 3 is 2.12 bits per heavy atom. The van der Waals surface area contributed by atoms with Gasteiger partial charge in [-0.1, -0.05) is 53.7 Å². The molecule has 5 fully saturated rings. The molecule has 0 radical (unpaired) electrons. The molecule has 0 saturated heterocycles. The first-order valence-electron chi connectivity index (χ1n) is 14.5. The molecular formula is C32H52O2. The quantitative estimate of drug-likeness (QED) is 0.299. The Morgan fingerprint density at radius 2 is 1.47 bits per heavy atom. The Balaban J connectivity index is 1.50. The predicted molar refractivity (Wildman–Crippen MR) is 140 cm³/mol. The lowest BCUT2D eigenvalue weighted by molar-refractivity contribution is -0.248. The summed E-state index contributed by atoms with van der Waals surface area (Å²) >= 11 is 0. The fourth-order valence-electron chi connectivity index (χ4n) is 11.9. The third kappa shape index (κ3) is 3.08. The van der Waals surface area contributed by atoms with Crippen molar-refractivity contribution in [3.63, 3.8) is 0 Å². The van der Waals surface area contributed by atoms with Crippen LogP contribution in [0.4, 0.5) is 0 Å². The second-order valence-corrected chi connectivity index (χ2v) is 15.3. The molecular weight excluding hydrogens is 416 g/mol. The number of rotatable bonds is 2. The number of ether oxygens (including phenoxy) is 1. The van der Waals surface area contributed by atoms with Gasteiger partial charge in [0.05, 0.1) is 0 Å². The number of fused-ring (bicyclic) bond motifs is 7. The third-order valence-electron chi connectivity index (χ3n) is 13.7. The number of allylic oxidation sites excluding steroid dienone is 1. The molecule has 10 atom stereocenters. The van der Waals surface area contributed by atoms with Crippen LogP contribution in [0.15, 0.2) is 12.2 Å². The van der Waals surface area contributed by atoms with Crippen LogP contribution in [-0.2, 0) is 9.53 Å². The first-order chi connectivity index (χ1) is 15.7. The molecule has 0 aliphatic heterocycles. The molecule has 0 aromatic rings. The van der Waals surface area contributed by atoms with Crippen LogP contribution >= 0.6 is 0 Å². The van der Waals surface area contributed by atoms with Gasteiger partial charge >= 0.3 is 5.97 Å². The first kappa shape index (κ1) is 24.9. The average molecular weight is 469 g/mol. The molecule has 5 saturated carbocycles. The average Bonchev–Trinajstić information content (AvgIpc) is 3.08. The van der Waals surface area contributed by atoms with Gasteiger partial charge in [0.2, 0.25) is 0 Å². The summed E-state index contributed by atoms with van der Waals surface area (Å²) in [6, 6.07) is 0. The summed E-state index contributed by atoms with van der Waals surface area (Å²) in [5.74, 6) is 3.74. The number of hydrogen-bond donors (Lipinski definition) is 0. The summed E-state index contributed by atoms with van der Waals surface area (Å²) in [5, 5.41) is 0. The summed E-state index contributed by atoms with van der Waals surface area (Å²) in [6.45, 7) is 23.9. The minimum Gasteiger partial charge on any atom is -0.462 e. The van der Waals surface area contributed by atoms with E-state index in [1.165, 1.54) is 63.4 Å². The van der Waals surface area contributed by atoms with Crippen LogP contribution in [-0.4, -0.2) is 12.1 Å². The fraction of sp³-hybridized carbons (Fsp3) is 0.906. The highest BCUT2D eigenvalue weighted by Crippen LogP contribution is 2.77. The molecule has 0 spiro atoms. The van der Waals surface area contributed by atoms with Crippen LogP contribution in [0.5, 0.6) is 0 Å². The van der Waals surface area contributed by atoms with Gasteiger partial charge in [-0.15, -0.1) is 0 Å². The maximum Gasteiger partial charge on any atom is 0.302 e. The smallest absolute Gasteiger partial charge is 0.302 e. The van der Waals surface area contributed by atoms with Gasteiger partial charge in [0, 0.05) is 12.3 Å². The van der Waals surface area contributed by atoms with Crippen molar-refractivity contribution >= 4 is 5.97 Å². The fourth-order valence-corrected chi connectivity index (χ4v) is 11.9. The van der Waals surface area contributed by atoms with Gasteiger partial charge in [0.1, 0.15) is 6.10 Å². The molecule has 0 aromatic carbocycles. The standard InChI is InChI=1S/C32H52O2/c1-20(2)22-12-15-29(6)18-19-31(8)23(27(22)29)10-11-25-30(7)16-14-26(34-21(3)33)28(4,5)24(30)13-17-32(25,31)9/h22-27H,1,10-19H2,2-9H3/t22-,23+,24-,25?,26?,27+,29+,30-,31+,32+/m0/s1. The van der Waals surface area contributed by atoms with Gasteiger partial charge in [-0.25, -0.2) is 0 Å². The lowest BCUT2D eigenvalue weighted by Crippen LogP contribution is -2.66. The lowest BCUT2D eigenvalue weighted by Gasteiger charge is -2.73. The van der Waals surface area contributed by atoms with E-state index in [1.807, 2.05) is 0 Å². The normalized spacial score (nSPS) is 53.6. The van der Waals surface area contributed by atoms with Crippen molar-refractivity contribution in [1.82, 2.24) is 0 Å². The van der Waals surface area contributed by atoms with Crippen LogP contribution in [0.2, 0.25) is 0 Å². The molecule has 0 amide bonds. The van der Waals surface area contributed by atoms with Crippen LogP contribution < -0.4 is 0 Å². The highest BCUT2D eigenvalue weighted by atomic mass is 16.5. The summed E-state index contributed by atoms with van der Waals surface area (Å²) in [4.78, 5) is 11.9. The van der Waals surface area contributed by atoms with Crippen molar-refractivity contribution in [1.29, 1.82) is 0 Å². The van der Waals surface area contributed by atoms with Crippen molar-refractivity contribution in [2.24, 2.45) is 56.7 Å². The molecule has 5 rings (SSSR count). The number of hydrogen-bond acceptors (Lipinski definition) is 2. The summed E-state index contributed by atoms with van der Waals surface area (Å²) in [5.41, 5.74) is 3.23. The monoisotopic (exact) mass is 468 g/mol. The summed E-state index contributed by atoms with van der Waals surface area (Å²) in [6.07, 6.45) is 13.4. The van der Waals surface area contributed by atoms with E-state index in [0.717, 1.165) is 30.1 Å². The van der Waals surface area contributed by atoms with Crippen molar-refractivity contribution in [2.75, 3.05) is 0 Å². The molecule has 0 aromatic heterocycles. The summed E-state index contributed by atoms with van der Waals surface area (Å²) in [7, 11) is 0. The largest absolute Gasteiger partial charge is 0.462 e. The molecule has 2 heteroatoms. The molecule has 5 aliphatic rings. The Hall–Kier alpha value is -0.790. The molecule has 0 heterocycles. The zero-order valence-corrected chi connectivity index (χ0v) is 23.6. The predicted octanol–water partition coefficient (Wildman–Crippen LogP) is 8.60. The van der Waals surface area contributed by atoms with E-state index in [9.17, 15) is 4.79 Å². The van der Waals surface area contributed by atoms with Gasteiger partial charge in [-0.05, 0) is 122 Å². The van der Waals surface area contributed by atoms with Crippen LogP contribution in [0.1, 0.15) is 120 Å². The maximum atomic E-state index is 11.9. The second-order valence-electron chi connectivity index (χ2n) is 15.3. The zero-order valence-electron chi connectivity index (χ0n) is 23.6. The van der Waals surface area contributed by atoms with Gasteiger partial charge in [-0.2, -0.15) is 0 Å². The Labute approximate surface area is 210 Å². The highest BCUT2D eigenvalue weighted by Gasteiger charge is 2.70. The second kappa shape index (κ2) is 7.61. The Morgan fingerprint density at radius 1 is 0.765 bits per heavy atom. The van der Waals surface area contributed by atoms with Gasteiger partial charge in [0.25, 0.3) is 0 Å². The van der Waals surface area contributed by atoms with Crippen molar-refractivity contribution in [3.05, 3.63) is 12.2 Å². The van der Waals surface area contributed by atoms with Crippen LogP contribution in [0.25, 0.3) is 0 Å². The molecule has 2 nitrogen and oxygen atoms in total. The summed E-state index contributed by atoms with van der Waals surface area (Å²) < 4.78 is 5.91. The molecule has 0 N–H and O–H groups in total.